The lowest BCUT2D eigenvalue weighted by molar-refractivity contribution is -0.168. The third-order valence-corrected chi connectivity index (χ3v) is 3.50. The summed E-state index contributed by atoms with van der Waals surface area (Å²) >= 11 is 0. The number of hydrogen-bond donors (Lipinski definition) is 2. The van der Waals surface area contributed by atoms with Crippen molar-refractivity contribution in [3.05, 3.63) is 0 Å². The van der Waals surface area contributed by atoms with E-state index in [0.29, 0.717) is 18.9 Å². The van der Waals surface area contributed by atoms with Crippen molar-refractivity contribution in [2.75, 3.05) is 26.3 Å². The van der Waals surface area contributed by atoms with Crippen LogP contribution in [0.1, 0.15) is 32.6 Å². The van der Waals surface area contributed by atoms with E-state index < -0.39 is 5.79 Å². The molecule has 0 bridgehead atoms. The Bertz CT molecular complexity index is 218. The SMILES string of the molecule is CC1(CC2CCCNC2)OCC(CCO)O1. The molecule has 2 heterocycles. The van der Waals surface area contributed by atoms with Crippen molar-refractivity contribution in [3.63, 3.8) is 0 Å². The Morgan fingerprint density at radius 3 is 3.06 bits per heavy atom. The van der Waals surface area contributed by atoms with Gasteiger partial charge < -0.3 is 19.9 Å². The lowest BCUT2D eigenvalue weighted by atomic mass is 9.92. The molecule has 2 aliphatic rings. The summed E-state index contributed by atoms with van der Waals surface area (Å²) in [6, 6.07) is 0. The van der Waals surface area contributed by atoms with Gasteiger partial charge in [0.05, 0.1) is 12.7 Å². The van der Waals surface area contributed by atoms with Crippen LogP contribution < -0.4 is 5.32 Å². The standard InChI is InChI=1S/C12H23NO3/c1-12(7-10-3-2-5-13-8-10)15-9-11(16-12)4-6-14/h10-11,13-14H,2-9H2,1H3. The summed E-state index contributed by atoms with van der Waals surface area (Å²) in [5.41, 5.74) is 0. The van der Waals surface area contributed by atoms with Crippen molar-refractivity contribution in [1.82, 2.24) is 5.32 Å². The van der Waals surface area contributed by atoms with Gasteiger partial charge in [-0.25, -0.2) is 0 Å². The molecule has 0 aromatic rings. The average Bonchev–Trinajstić information content (AvgIpc) is 2.62. The summed E-state index contributed by atoms with van der Waals surface area (Å²) < 4.78 is 11.6. The Morgan fingerprint density at radius 1 is 1.50 bits per heavy atom. The van der Waals surface area contributed by atoms with Crippen molar-refractivity contribution >= 4 is 0 Å². The Balaban J connectivity index is 1.79. The smallest absolute Gasteiger partial charge is 0.166 e. The van der Waals surface area contributed by atoms with Crippen molar-refractivity contribution in [1.29, 1.82) is 0 Å². The molecule has 94 valence electrons. The first-order valence-electron chi connectivity index (χ1n) is 6.35. The number of aliphatic hydroxyl groups is 1. The molecule has 3 atom stereocenters. The highest BCUT2D eigenvalue weighted by atomic mass is 16.7. The lowest BCUT2D eigenvalue weighted by Crippen LogP contribution is -2.37. The highest BCUT2D eigenvalue weighted by molar-refractivity contribution is 4.80. The molecule has 2 saturated heterocycles. The Kier molecular flexibility index (Phi) is 4.19. The minimum atomic E-state index is -0.427. The summed E-state index contributed by atoms with van der Waals surface area (Å²) in [5, 5.41) is 12.3. The molecule has 2 rings (SSSR count). The maximum Gasteiger partial charge on any atom is 0.166 e. The molecule has 4 heteroatoms. The van der Waals surface area contributed by atoms with Crippen molar-refractivity contribution in [2.45, 2.75) is 44.5 Å². The molecule has 0 radical (unpaired) electrons. The fraction of sp³-hybridized carbons (Fsp3) is 1.00. The molecule has 4 nitrogen and oxygen atoms in total. The van der Waals surface area contributed by atoms with Gasteiger partial charge in [0.15, 0.2) is 5.79 Å². The van der Waals surface area contributed by atoms with Crippen LogP contribution in [0.15, 0.2) is 0 Å². The monoisotopic (exact) mass is 229 g/mol. The van der Waals surface area contributed by atoms with E-state index >= 15 is 0 Å². The zero-order valence-corrected chi connectivity index (χ0v) is 10.1. The van der Waals surface area contributed by atoms with Crippen molar-refractivity contribution in [3.8, 4) is 0 Å². The molecule has 3 unspecified atom stereocenters. The maximum atomic E-state index is 8.87. The minimum absolute atomic E-state index is 0.0755. The second-order valence-corrected chi connectivity index (χ2v) is 5.11. The number of hydrogen-bond acceptors (Lipinski definition) is 4. The summed E-state index contributed by atoms with van der Waals surface area (Å²) in [6.45, 7) is 5.04. The second kappa shape index (κ2) is 5.45. The summed E-state index contributed by atoms with van der Waals surface area (Å²) in [4.78, 5) is 0. The Labute approximate surface area is 97.3 Å². The fourth-order valence-corrected chi connectivity index (χ4v) is 2.71. The number of aliphatic hydroxyl groups excluding tert-OH is 1. The zero-order valence-electron chi connectivity index (χ0n) is 10.1. The van der Waals surface area contributed by atoms with Crippen LogP contribution in [0, 0.1) is 5.92 Å². The Morgan fingerprint density at radius 2 is 2.38 bits per heavy atom. The van der Waals surface area contributed by atoms with Gasteiger partial charge in [-0.15, -0.1) is 0 Å². The second-order valence-electron chi connectivity index (χ2n) is 5.11. The van der Waals surface area contributed by atoms with Gasteiger partial charge >= 0.3 is 0 Å². The highest BCUT2D eigenvalue weighted by Crippen LogP contribution is 2.32. The van der Waals surface area contributed by atoms with Gasteiger partial charge in [0, 0.05) is 13.0 Å². The van der Waals surface area contributed by atoms with Crippen LogP contribution in [0.25, 0.3) is 0 Å². The predicted molar refractivity (Wildman–Crippen MR) is 61.1 cm³/mol. The molecule has 0 aliphatic carbocycles. The van der Waals surface area contributed by atoms with E-state index in [-0.39, 0.29) is 12.7 Å². The average molecular weight is 229 g/mol. The van der Waals surface area contributed by atoms with Crippen LogP contribution in [0.3, 0.4) is 0 Å². The Hall–Kier alpha value is -0.160. The first-order chi connectivity index (χ1) is 7.72. The topological polar surface area (TPSA) is 50.7 Å². The third-order valence-electron chi connectivity index (χ3n) is 3.50. The van der Waals surface area contributed by atoms with Crippen LogP contribution in [0.2, 0.25) is 0 Å². The molecular formula is C12H23NO3. The molecule has 0 aromatic carbocycles. The van der Waals surface area contributed by atoms with Crippen LogP contribution in [-0.2, 0) is 9.47 Å². The van der Waals surface area contributed by atoms with Gasteiger partial charge in [-0.2, -0.15) is 0 Å². The summed E-state index contributed by atoms with van der Waals surface area (Å²) in [5.74, 6) is 0.232. The van der Waals surface area contributed by atoms with Crippen LogP contribution in [0.5, 0.6) is 0 Å². The predicted octanol–water partition coefficient (Wildman–Crippen LogP) is 0.890. The number of nitrogens with one attached hydrogen (secondary N) is 1. The van der Waals surface area contributed by atoms with E-state index in [4.69, 9.17) is 14.6 Å². The van der Waals surface area contributed by atoms with Crippen LogP contribution in [-0.4, -0.2) is 43.3 Å². The first-order valence-corrected chi connectivity index (χ1v) is 6.35. The van der Waals surface area contributed by atoms with Crippen LogP contribution in [0.4, 0.5) is 0 Å². The van der Waals surface area contributed by atoms with Crippen LogP contribution >= 0.6 is 0 Å². The first kappa shape index (κ1) is 12.3. The normalized spacial score (nSPS) is 40.1. The molecule has 2 N–H and O–H groups in total. The molecule has 0 saturated carbocycles. The number of ether oxygens (including phenoxy) is 2. The van der Waals surface area contributed by atoms with E-state index in [1.54, 1.807) is 0 Å². The lowest BCUT2D eigenvalue weighted by Gasteiger charge is -2.31. The number of rotatable bonds is 4. The van der Waals surface area contributed by atoms with E-state index in [1.165, 1.54) is 12.8 Å². The van der Waals surface area contributed by atoms with Gasteiger partial charge in [-0.05, 0) is 45.2 Å². The van der Waals surface area contributed by atoms with E-state index in [0.717, 1.165) is 19.5 Å². The van der Waals surface area contributed by atoms with E-state index in [1.807, 2.05) is 6.92 Å². The molecule has 0 aromatic heterocycles. The summed E-state index contributed by atoms with van der Waals surface area (Å²) in [7, 11) is 0. The minimum Gasteiger partial charge on any atom is -0.396 e. The zero-order chi connectivity index (χ0) is 11.4. The molecule has 2 aliphatic heterocycles. The van der Waals surface area contributed by atoms with Gasteiger partial charge in [0.25, 0.3) is 0 Å². The molecular weight excluding hydrogens is 206 g/mol. The van der Waals surface area contributed by atoms with E-state index in [2.05, 4.69) is 5.32 Å². The molecule has 16 heavy (non-hydrogen) atoms. The fourth-order valence-electron chi connectivity index (χ4n) is 2.71. The van der Waals surface area contributed by atoms with Gasteiger partial charge in [-0.3, -0.25) is 0 Å². The maximum absolute atomic E-state index is 8.87. The quantitative estimate of drug-likeness (QED) is 0.751. The van der Waals surface area contributed by atoms with E-state index in [9.17, 15) is 0 Å². The summed E-state index contributed by atoms with van der Waals surface area (Å²) in [6.07, 6.45) is 4.23. The van der Waals surface area contributed by atoms with Crippen molar-refractivity contribution < 1.29 is 14.6 Å². The van der Waals surface area contributed by atoms with Gasteiger partial charge in [0.2, 0.25) is 0 Å². The molecule has 0 spiro atoms. The van der Waals surface area contributed by atoms with Gasteiger partial charge in [-0.1, -0.05) is 0 Å². The molecule has 2 fully saturated rings. The van der Waals surface area contributed by atoms with Crippen molar-refractivity contribution in [2.24, 2.45) is 5.92 Å². The third kappa shape index (κ3) is 3.17. The molecule has 0 amide bonds. The number of piperidine rings is 1. The van der Waals surface area contributed by atoms with Gasteiger partial charge in [0.1, 0.15) is 0 Å². The highest BCUT2D eigenvalue weighted by Gasteiger charge is 2.38. The largest absolute Gasteiger partial charge is 0.396 e.